The maximum absolute atomic E-state index is 12.1. The van der Waals surface area contributed by atoms with E-state index >= 15 is 0 Å². The van der Waals surface area contributed by atoms with E-state index in [4.69, 9.17) is 0 Å². The standard InChI is InChI=1S/C15H27N5OS/c1-10(2)20-8-6-7-11(9-20)16-13(21)17-14-19-18-12(22-14)15(3,4)5/h10-11H,6-9H2,1-5H3,(H2,16,17,19,21)/t11-/m1/s1. The molecule has 0 saturated carbocycles. The van der Waals surface area contributed by atoms with Crippen molar-refractivity contribution in [2.75, 3.05) is 18.4 Å². The fraction of sp³-hybridized carbons (Fsp3) is 0.800. The number of hydrogen-bond donors (Lipinski definition) is 2. The van der Waals surface area contributed by atoms with Crippen molar-refractivity contribution >= 4 is 22.5 Å². The number of urea groups is 1. The molecule has 2 rings (SSSR count). The lowest BCUT2D eigenvalue weighted by Crippen LogP contribution is -2.50. The topological polar surface area (TPSA) is 70.2 Å². The van der Waals surface area contributed by atoms with E-state index in [9.17, 15) is 4.79 Å². The van der Waals surface area contributed by atoms with E-state index < -0.39 is 0 Å². The van der Waals surface area contributed by atoms with E-state index in [-0.39, 0.29) is 17.5 Å². The second kappa shape index (κ2) is 6.91. The van der Waals surface area contributed by atoms with Gasteiger partial charge in [-0.2, -0.15) is 0 Å². The van der Waals surface area contributed by atoms with Gasteiger partial charge in [0, 0.05) is 24.0 Å². The van der Waals surface area contributed by atoms with Gasteiger partial charge in [0.1, 0.15) is 5.01 Å². The number of nitrogens with zero attached hydrogens (tertiary/aromatic N) is 3. The van der Waals surface area contributed by atoms with Crippen molar-refractivity contribution in [3.8, 4) is 0 Å². The van der Waals surface area contributed by atoms with Crippen molar-refractivity contribution in [1.82, 2.24) is 20.4 Å². The Kier molecular flexibility index (Phi) is 5.39. The first kappa shape index (κ1) is 17.1. The highest BCUT2D eigenvalue weighted by atomic mass is 32.1. The largest absolute Gasteiger partial charge is 0.334 e. The Hall–Kier alpha value is -1.21. The molecule has 0 radical (unpaired) electrons. The highest BCUT2D eigenvalue weighted by molar-refractivity contribution is 7.15. The molecule has 0 bridgehead atoms. The molecular weight excluding hydrogens is 298 g/mol. The molecule has 1 aliphatic heterocycles. The zero-order valence-corrected chi connectivity index (χ0v) is 15.0. The molecule has 2 N–H and O–H groups in total. The van der Waals surface area contributed by atoms with Crippen molar-refractivity contribution in [1.29, 1.82) is 0 Å². The van der Waals surface area contributed by atoms with Crippen LogP contribution in [0.3, 0.4) is 0 Å². The number of amides is 2. The number of aromatic nitrogens is 2. The first-order valence-corrected chi connectivity index (χ1v) is 8.73. The molecule has 1 aromatic heterocycles. The lowest BCUT2D eigenvalue weighted by molar-refractivity contribution is 0.156. The van der Waals surface area contributed by atoms with Gasteiger partial charge in [0.2, 0.25) is 5.13 Å². The number of likely N-dealkylation sites (tertiary alicyclic amines) is 1. The van der Waals surface area contributed by atoms with Crippen LogP contribution < -0.4 is 10.6 Å². The number of rotatable bonds is 3. The van der Waals surface area contributed by atoms with Crippen molar-refractivity contribution in [2.24, 2.45) is 0 Å². The molecule has 1 atom stereocenters. The Morgan fingerprint density at radius 1 is 1.36 bits per heavy atom. The third-order valence-corrected chi connectivity index (χ3v) is 5.07. The van der Waals surface area contributed by atoms with Gasteiger partial charge in [0.25, 0.3) is 0 Å². The summed E-state index contributed by atoms with van der Waals surface area (Å²) < 4.78 is 0. The van der Waals surface area contributed by atoms with Crippen LogP contribution in [0.15, 0.2) is 0 Å². The predicted molar refractivity (Wildman–Crippen MR) is 90.5 cm³/mol. The van der Waals surface area contributed by atoms with Crippen LogP contribution in [-0.4, -0.2) is 46.3 Å². The van der Waals surface area contributed by atoms with E-state index in [0.29, 0.717) is 11.2 Å². The van der Waals surface area contributed by atoms with Crippen LogP contribution in [0.5, 0.6) is 0 Å². The van der Waals surface area contributed by atoms with Crippen LogP contribution in [-0.2, 0) is 5.41 Å². The first-order valence-electron chi connectivity index (χ1n) is 7.91. The van der Waals surface area contributed by atoms with Crippen LogP contribution in [0.4, 0.5) is 9.93 Å². The van der Waals surface area contributed by atoms with Gasteiger partial charge >= 0.3 is 6.03 Å². The molecule has 1 aliphatic rings. The van der Waals surface area contributed by atoms with Gasteiger partial charge in [-0.15, -0.1) is 10.2 Å². The Balaban J connectivity index is 1.86. The molecule has 0 aromatic carbocycles. The zero-order chi connectivity index (χ0) is 16.3. The third kappa shape index (κ3) is 4.64. The SMILES string of the molecule is CC(C)N1CCC[C@@H](NC(=O)Nc2nnc(C(C)(C)C)s2)C1. The minimum absolute atomic E-state index is 0.0464. The number of anilines is 1. The summed E-state index contributed by atoms with van der Waals surface area (Å²) in [5.41, 5.74) is -0.0464. The molecule has 7 heteroatoms. The van der Waals surface area contributed by atoms with Crippen LogP contribution in [0.2, 0.25) is 0 Å². The lowest BCUT2D eigenvalue weighted by atomic mass is 9.98. The molecule has 0 unspecified atom stereocenters. The number of carbonyl (C=O) groups excluding carboxylic acids is 1. The lowest BCUT2D eigenvalue weighted by Gasteiger charge is -2.35. The predicted octanol–water partition coefficient (Wildman–Crippen LogP) is 2.83. The normalized spacial score (nSPS) is 20.2. The summed E-state index contributed by atoms with van der Waals surface area (Å²) in [5, 5.41) is 15.5. The monoisotopic (exact) mass is 325 g/mol. The van der Waals surface area contributed by atoms with Crippen molar-refractivity contribution < 1.29 is 4.79 Å². The fourth-order valence-corrected chi connectivity index (χ4v) is 3.29. The third-order valence-electron chi connectivity index (χ3n) is 3.81. The average molecular weight is 325 g/mol. The van der Waals surface area contributed by atoms with Crippen molar-refractivity contribution in [3.05, 3.63) is 5.01 Å². The van der Waals surface area contributed by atoms with Gasteiger partial charge in [-0.05, 0) is 33.2 Å². The highest BCUT2D eigenvalue weighted by Crippen LogP contribution is 2.27. The summed E-state index contributed by atoms with van der Waals surface area (Å²) >= 11 is 1.43. The fourth-order valence-electron chi connectivity index (χ4n) is 2.49. The summed E-state index contributed by atoms with van der Waals surface area (Å²) in [4.78, 5) is 14.5. The molecule has 1 fully saturated rings. The minimum atomic E-state index is -0.188. The molecule has 2 heterocycles. The molecule has 2 amide bonds. The van der Waals surface area contributed by atoms with E-state index in [1.807, 2.05) is 0 Å². The van der Waals surface area contributed by atoms with Gasteiger partial charge in [-0.1, -0.05) is 32.1 Å². The van der Waals surface area contributed by atoms with Gasteiger partial charge < -0.3 is 5.32 Å². The highest BCUT2D eigenvalue weighted by Gasteiger charge is 2.24. The molecular formula is C15H27N5OS. The zero-order valence-electron chi connectivity index (χ0n) is 14.1. The second-order valence-electron chi connectivity index (χ2n) is 7.19. The maximum atomic E-state index is 12.1. The number of piperidine rings is 1. The van der Waals surface area contributed by atoms with Crippen LogP contribution in [0, 0.1) is 0 Å². The Labute approximate surface area is 136 Å². The quantitative estimate of drug-likeness (QED) is 0.896. The van der Waals surface area contributed by atoms with Gasteiger partial charge in [-0.3, -0.25) is 10.2 Å². The summed E-state index contributed by atoms with van der Waals surface area (Å²) in [6.07, 6.45) is 2.15. The molecule has 22 heavy (non-hydrogen) atoms. The Bertz CT molecular complexity index is 508. The number of nitrogens with one attached hydrogen (secondary N) is 2. The summed E-state index contributed by atoms with van der Waals surface area (Å²) in [7, 11) is 0. The minimum Gasteiger partial charge on any atom is -0.334 e. The Morgan fingerprint density at radius 3 is 2.68 bits per heavy atom. The van der Waals surface area contributed by atoms with Crippen LogP contribution >= 0.6 is 11.3 Å². The van der Waals surface area contributed by atoms with Crippen LogP contribution in [0.1, 0.15) is 52.5 Å². The van der Waals surface area contributed by atoms with E-state index in [0.717, 1.165) is 30.9 Å². The smallest absolute Gasteiger partial charge is 0.321 e. The van der Waals surface area contributed by atoms with Gasteiger partial charge in [-0.25, -0.2) is 4.79 Å². The number of carbonyl (C=O) groups is 1. The molecule has 0 spiro atoms. The van der Waals surface area contributed by atoms with Crippen molar-refractivity contribution in [3.63, 3.8) is 0 Å². The molecule has 124 valence electrons. The summed E-state index contributed by atoms with van der Waals surface area (Å²) in [6, 6.07) is 0.531. The van der Waals surface area contributed by atoms with E-state index in [1.54, 1.807) is 0 Å². The molecule has 1 aromatic rings. The molecule has 1 saturated heterocycles. The van der Waals surface area contributed by atoms with Crippen molar-refractivity contribution in [2.45, 2.75) is 65.0 Å². The van der Waals surface area contributed by atoms with E-state index in [1.165, 1.54) is 11.3 Å². The van der Waals surface area contributed by atoms with Gasteiger partial charge in [0.15, 0.2) is 0 Å². The van der Waals surface area contributed by atoms with Crippen LogP contribution in [0.25, 0.3) is 0 Å². The first-order chi connectivity index (χ1) is 10.3. The Morgan fingerprint density at radius 2 is 2.09 bits per heavy atom. The second-order valence-corrected chi connectivity index (χ2v) is 8.17. The van der Waals surface area contributed by atoms with E-state index in [2.05, 4.69) is 60.3 Å². The number of hydrogen-bond acceptors (Lipinski definition) is 5. The molecule has 0 aliphatic carbocycles. The summed E-state index contributed by atoms with van der Waals surface area (Å²) in [5.74, 6) is 0. The van der Waals surface area contributed by atoms with Gasteiger partial charge in [0.05, 0.1) is 0 Å². The average Bonchev–Trinajstić information content (AvgIpc) is 2.87. The summed E-state index contributed by atoms with van der Waals surface area (Å²) in [6.45, 7) is 12.7. The maximum Gasteiger partial charge on any atom is 0.321 e. The molecule has 6 nitrogen and oxygen atoms in total.